The lowest BCUT2D eigenvalue weighted by Crippen LogP contribution is -2.39. The van der Waals surface area contributed by atoms with E-state index in [9.17, 15) is 0 Å². The summed E-state index contributed by atoms with van der Waals surface area (Å²) in [5.41, 5.74) is 0. The first-order chi connectivity index (χ1) is 6.84. The van der Waals surface area contributed by atoms with Crippen LogP contribution in [0.3, 0.4) is 0 Å². The third-order valence-electron chi connectivity index (χ3n) is 1.93. The second-order valence-electron chi connectivity index (χ2n) is 2.77. The molecule has 0 saturated heterocycles. The van der Waals surface area contributed by atoms with Gasteiger partial charge in [0, 0.05) is 0 Å². The minimum Gasteiger partial charge on any atom is -0.246 e. The van der Waals surface area contributed by atoms with Gasteiger partial charge in [-0.15, -0.1) is 12.6 Å². The fourth-order valence-corrected chi connectivity index (χ4v) is 1.56. The van der Waals surface area contributed by atoms with Crippen molar-refractivity contribution >= 4 is 35.9 Å². The van der Waals surface area contributed by atoms with Gasteiger partial charge in [-0.1, -0.05) is 6.08 Å². The molecular formula is C8H5N5S. The molecule has 0 spiro atoms. The van der Waals surface area contributed by atoms with E-state index in [2.05, 4.69) is 32.6 Å². The molecule has 0 atom stereocenters. The maximum atomic E-state index is 4.16. The highest BCUT2D eigenvalue weighted by Crippen LogP contribution is 2.21. The van der Waals surface area contributed by atoms with E-state index in [0.717, 1.165) is 11.7 Å². The first kappa shape index (κ1) is 7.69. The van der Waals surface area contributed by atoms with E-state index in [-0.39, 0.29) is 0 Å². The lowest BCUT2D eigenvalue weighted by atomic mass is 10.3. The molecule has 5 nitrogen and oxygen atoms in total. The quantitative estimate of drug-likeness (QED) is 0.581. The van der Waals surface area contributed by atoms with Crippen LogP contribution in [0, 0.1) is 0 Å². The molecule has 0 radical (unpaired) electrons. The predicted octanol–water partition coefficient (Wildman–Crippen LogP) is 0.795. The van der Waals surface area contributed by atoms with Gasteiger partial charge in [0.15, 0.2) is 5.17 Å². The van der Waals surface area contributed by atoms with Crippen LogP contribution >= 0.6 is 12.6 Å². The lowest BCUT2D eigenvalue weighted by Gasteiger charge is -2.29. The van der Waals surface area contributed by atoms with Crippen LogP contribution in [-0.4, -0.2) is 28.2 Å². The van der Waals surface area contributed by atoms with Crippen molar-refractivity contribution in [2.45, 2.75) is 0 Å². The average Bonchev–Trinajstić information content (AvgIpc) is 2.18. The van der Waals surface area contributed by atoms with Crippen LogP contribution in [0.2, 0.25) is 0 Å². The van der Waals surface area contributed by atoms with Crippen molar-refractivity contribution in [2.75, 3.05) is 0 Å². The fraction of sp³-hybridized carbons (Fsp3) is 0. The normalized spacial score (nSPS) is 22.2. The van der Waals surface area contributed by atoms with E-state index in [0.29, 0.717) is 11.1 Å². The Morgan fingerprint density at radius 2 is 2.21 bits per heavy atom. The molecule has 0 saturated carbocycles. The summed E-state index contributed by atoms with van der Waals surface area (Å²) >= 11 is 4.10. The van der Waals surface area contributed by atoms with Gasteiger partial charge < -0.3 is 0 Å². The zero-order valence-electron chi connectivity index (χ0n) is 6.99. The van der Waals surface area contributed by atoms with Gasteiger partial charge in [0.25, 0.3) is 0 Å². The number of hydrogen-bond donors (Lipinski definition) is 1. The predicted molar refractivity (Wildman–Crippen MR) is 58.8 cm³/mol. The van der Waals surface area contributed by atoms with E-state index in [1.807, 2.05) is 18.2 Å². The van der Waals surface area contributed by atoms with Gasteiger partial charge >= 0.3 is 0 Å². The molecule has 0 aliphatic carbocycles. The molecule has 3 aliphatic heterocycles. The Bertz CT molecular complexity index is 478. The molecule has 3 heterocycles. The second-order valence-corrected chi connectivity index (χ2v) is 3.17. The molecule has 0 aromatic heterocycles. The molecule has 14 heavy (non-hydrogen) atoms. The largest absolute Gasteiger partial charge is 0.246 e. The van der Waals surface area contributed by atoms with Gasteiger partial charge in [-0.25, -0.2) is 19.9 Å². The second kappa shape index (κ2) is 2.65. The molecule has 6 heteroatoms. The Kier molecular flexibility index (Phi) is 1.45. The Morgan fingerprint density at radius 1 is 1.29 bits per heavy atom. The summed E-state index contributed by atoms with van der Waals surface area (Å²) in [6.45, 7) is 0. The number of aliphatic imine (C=N–C) groups is 4. The van der Waals surface area contributed by atoms with Crippen LogP contribution in [0.5, 0.6) is 0 Å². The minimum atomic E-state index is 0.413. The molecule has 0 N–H and O–H groups in total. The first-order valence-electron chi connectivity index (χ1n) is 4.00. The van der Waals surface area contributed by atoms with Crippen LogP contribution in [0.15, 0.2) is 44.0 Å². The summed E-state index contributed by atoms with van der Waals surface area (Å²) in [4.78, 5) is 18.2. The van der Waals surface area contributed by atoms with Crippen LogP contribution < -0.4 is 0 Å². The number of nitrogens with zero attached hydrogens (tertiary/aromatic N) is 5. The van der Waals surface area contributed by atoms with Crippen molar-refractivity contribution in [1.82, 2.24) is 4.90 Å². The van der Waals surface area contributed by atoms with Crippen molar-refractivity contribution < 1.29 is 0 Å². The summed E-state index contributed by atoms with van der Waals surface area (Å²) in [7, 11) is 0. The van der Waals surface area contributed by atoms with E-state index >= 15 is 0 Å². The van der Waals surface area contributed by atoms with Crippen LogP contribution in [0.25, 0.3) is 0 Å². The van der Waals surface area contributed by atoms with Crippen molar-refractivity contribution in [3.05, 3.63) is 24.0 Å². The zero-order chi connectivity index (χ0) is 9.54. The Balaban J connectivity index is 2.23. The highest BCUT2D eigenvalue weighted by Gasteiger charge is 2.27. The zero-order valence-corrected chi connectivity index (χ0v) is 7.89. The highest BCUT2D eigenvalue weighted by atomic mass is 32.1. The summed E-state index contributed by atoms with van der Waals surface area (Å²) < 4.78 is 0. The highest BCUT2D eigenvalue weighted by molar-refractivity contribution is 7.97. The number of thiol groups is 1. The smallest absolute Gasteiger partial charge is 0.241 e. The number of guanidine groups is 1. The van der Waals surface area contributed by atoms with Crippen LogP contribution in [0.4, 0.5) is 0 Å². The maximum absolute atomic E-state index is 4.16. The van der Waals surface area contributed by atoms with E-state index in [1.165, 1.54) is 6.34 Å². The van der Waals surface area contributed by atoms with Crippen molar-refractivity contribution in [3.8, 4) is 0 Å². The summed E-state index contributed by atoms with van der Waals surface area (Å²) in [5.74, 6) is 2.09. The number of allylic oxidation sites excluding steroid dienone is 2. The molecule has 3 aliphatic rings. The minimum absolute atomic E-state index is 0.413. The summed E-state index contributed by atoms with van der Waals surface area (Å²) in [6, 6.07) is 0. The van der Waals surface area contributed by atoms with Gasteiger partial charge in [-0.2, -0.15) is 4.99 Å². The standard InChI is InChI=1S/C8H5N5S/c14-8-11-6-3-1-2-5-9-4-10-7(12-8)13(5)6/h1-4H,(H,9,10,11,12,14). The summed E-state index contributed by atoms with van der Waals surface area (Å²) in [6.07, 6.45) is 7.11. The van der Waals surface area contributed by atoms with Crippen molar-refractivity contribution in [1.29, 1.82) is 0 Å². The lowest BCUT2D eigenvalue weighted by molar-refractivity contribution is 0.714. The van der Waals surface area contributed by atoms with Crippen LogP contribution in [0.1, 0.15) is 0 Å². The van der Waals surface area contributed by atoms with Gasteiger partial charge in [-0.3, -0.25) is 0 Å². The fourth-order valence-electron chi connectivity index (χ4n) is 1.37. The molecule has 0 bridgehead atoms. The first-order valence-corrected chi connectivity index (χ1v) is 4.44. The van der Waals surface area contributed by atoms with E-state index in [4.69, 9.17) is 0 Å². The molecule has 0 unspecified atom stereocenters. The van der Waals surface area contributed by atoms with Crippen molar-refractivity contribution in [2.24, 2.45) is 20.0 Å². The topological polar surface area (TPSA) is 52.7 Å². The number of rotatable bonds is 0. The van der Waals surface area contributed by atoms with Gasteiger partial charge in [0.05, 0.1) is 0 Å². The molecule has 0 aromatic carbocycles. The Labute approximate surface area is 85.4 Å². The molecule has 3 rings (SSSR count). The number of amidine groups is 2. The van der Waals surface area contributed by atoms with E-state index < -0.39 is 0 Å². The molecule has 0 aromatic rings. The molecule has 0 amide bonds. The molecule has 0 fully saturated rings. The Hall–Kier alpha value is -1.69. The van der Waals surface area contributed by atoms with E-state index in [1.54, 1.807) is 4.90 Å². The summed E-state index contributed by atoms with van der Waals surface area (Å²) in [5, 5.41) is 0.413. The monoisotopic (exact) mass is 203 g/mol. The molecule has 68 valence electrons. The number of hydrogen-bond acceptors (Lipinski definition) is 5. The molecular weight excluding hydrogens is 198 g/mol. The SMILES string of the molecule is SC1=NC2=CC=CC3=NC=NC(=N1)N23. The average molecular weight is 203 g/mol. The van der Waals surface area contributed by atoms with Crippen LogP contribution in [-0.2, 0) is 0 Å². The third kappa shape index (κ3) is 0.973. The Morgan fingerprint density at radius 3 is 3.14 bits per heavy atom. The third-order valence-corrected chi connectivity index (χ3v) is 2.13. The van der Waals surface area contributed by atoms with Gasteiger partial charge in [0.2, 0.25) is 5.96 Å². The van der Waals surface area contributed by atoms with Gasteiger partial charge in [0.1, 0.15) is 18.0 Å². The van der Waals surface area contributed by atoms with Gasteiger partial charge in [-0.05, 0) is 12.2 Å². The van der Waals surface area contributed by atoms with Crippen molar-refractivity contribution in [3.63, 3.8) is 0 Å². The maximum Gasteiger partial charge on any atom is 0.241 e.